The Labute approximate surface area is 144 Å². The summed E-state index contributed by atoms with van der Waals surface area (Å²) in [6.45, 7) is 3.03. The molecule has 1 aromatic carbocycles. The lowest BCUT2D eigenvalue weighted by Crippen LogP contribution is -2.36. The van der Waals surface area contributed by atoms with Gasteiger partial charge >= 0.3 is 0 Å². The van der Waals surface area contributed by atoms with Crippen LogP contribution in [0, 0.1) is 0 Å². The fraction of sp³-hybridized carbons (Fsp3) is 0.562. The number of guanidine groups is 1. The van der Waals surface area contributed by atoms with Crippen LogP contribution in [0.15, 0.2) is 29.3 Å². The Bertz CT molecular complexity index is 499. The molecule has 5 heteroatoms. The predicted octanol–water partition coefficient (Wildman–Crippen LogP) is 2.47. The Morgan fingerprint density at radius 1 is 1.38 bits per heavy atom. The summed E-state index contributed by atoms with van der Waals surface area (Å²) in [7, 11) is 2.05. The molecule has 1 fully saturated rings. The molecule has 21 heavy (non-hydrogen) atoms. The quantitative estimate of drug-likeness (QED) is 0.358. The van der Waals surface area contributed by atoms with Crippen LogP contribution in [-0.4, -0.2) is 43.6 Å². The fourth-order valence-electron chi connectivity index (χ4n) is 2.85. The molecule has 1 aliphatic carbocycles. The third-order valence-electron chi connectivity index (χ3n) is 4.30. The fourth-order valence-corrected chi connectivity index (χ4v) is 2.85. The largest absolute Gasteiger partial charge is 0.371 e. The summed E-state index contributed by atoms with van der Waals surface area (Å²) < 4.78 is 0. The van der Waals surface area contributed by atoms with E-state index in [2.05, 4.69) is 39.1 Å². The lowest BCUT2D eigenvalue weighted by Gasteiger charge is -2.19. The van der Waals surface area contributed by atoms with Crippen LogP contribution in [0.2, 0.25) is 0 Å². The van der Waals surface area contributed by atoms with Crippen molar-refractivity contribution in [3.63, 3.8) is 0 Å². The van der Waals surface area contributed by atoms with E-state index < -0.39 is 0 Å². The first kappa shape index (κ1) is 16.4. The number of nitrogens with zero attached hydrogens (tertiary/aromatic N) is 3. The van der Waals surface area contributed by atoms with E-state index in [1.807, 2.05) is 7.05 Å². The highest BCUT2D eigenvalue weighted by Crippen LogP contribution is 2.27. The van der Waals surface area contributed by atoms with Gasteiger partial charge in [0.05, 0.1) is 0 Å². The molecule has 0 saturated heterocycles. The van der Waals surface area contributed by atoms with Crippen molar-refractivity contribution >= 4 is 35.6 Å². The number of rotatable bonds is 5. The first-order valence-corrected chi connectivity index (χ1v) is 7.61. The van der Waals surface area contributed by atoms with Crippen LogP contribution in [0.4, 0.5) is 5.69 Å². The zero-order valence-electron chi connectivity index (χ0n) is 12.7. The van der Waals surface area contributed by atoms with E-state index in [0.717, 1.165) is 26.1 Å². The number of aliphatic imine (C=N–C) groups is 1. The molecule has 0 radical (unpaired) electrons. The van der Waals surface area contributed by atoms with E-state index in [0.29, 0.717) is 12.0 Å². The van der Waals surface area contributed by atoms with E-state index in [-0.39, 0.29) is 24.0 Å². The Hall–Kier alpha value is -0.980. The maximum absolute atomic E-state index is 5.99. The van der Waals surface area contributed by atoms with Crippen LogP contribution in [0.1, 0.15) is 24.8 Å². The lowest BCUT2D eigenvalue weighted by molar-refractivity contribution is 0.487. The van der Waals surface area contributed by atoms with Crippen molar-refractivity contribution < 1.29 is 0 Å². The number of nitrogens with two attached hydrogens (primary N) is 1. The average Bonchev–Trinajstić information content (AvgIpc) is 3.24. The van der Waals surface area contributed by atoms with E-state index in [4.69, 9.17) is 5.73 Å². The minimum atomic E-state index is 0. The standard InChI is InChI=1S/C16H24N4.HI/c1-19(14-7-8-14)16(17)18-10-4-11-20-12-9-13-5-2-3-6-15(13)20;/h2-3,5-6,14H,4,7-12H2,1H3,(H2,17,18);1H. The zero-order valence-corrected chi connectivity index (χ0v) is 15.0. The third kappa shape index (κ3) is 4.02. The SMILES string of the molecule is CN(C(N)=NCCCN1CCc2ccccc21)C1CC1.I. The Balaban J connectivity index is 0.00000161. The Kier molecular flexibility index (Phi) is 5.72. The molecule has 0 atom stereocenters. The van der Waals surface area contributed by atoms with Crippen molar-refractivity contribution in [3.05, 3.63) is 29.8 Å². The predicted molar refractivity (Wildman–Crippen MR) is 99.7 cm³/mol. The van der Waals surface area contributed by atoms with Crippen molar-refractivity contribution in [2.24, 2.45) is 10.7 Å². The van der Waals surface area contributed by atoms with Gasteiger partial charge in [0.2, 0.25) is 0 Å². The van der Waals surface area contributed by atoms with Crippen molar-refractivity contribution in [1.82, 2.24) is 4.90 Å². The van der Waals surface area contributed by atoms with Gasteiger partial charge in [0.1, 0.15) is 0 Å². The molecule has 116 valence electrons. The van der Waals surface area contributed by atoms with Crippen LogP contribution in [0.25, 0.3) is 0 Å². The van der Waals surface area contributed by atoms with Crippen molar-refractivity contribution in [2.75, 3.05) is 31.6 Å². The smallest absolute Gasteiger partial charge is 0.191 e. The molecule has 4 nitrogen and oxygen atoms in total. The normalized spacial score (nSPS) is 17.4. The van der Waals surface area contributed by atoms with E-state index in [1.54, 1.807) is 0 Å². The number of anilines is 1. The number of hydrogen-bond donors (Lipinski definition) is 1. The second-order valence-electron chi connectivity index (χ2n) is 5.80. The summed E-state index contributed by atoms with van der Waals surface area (Å²) in [4.78, 5) is 9.08. The minimum Gasteiger partial charge on any atom is -0.371 e. The summed E-state index contributed by atoms with van der Waals surface area (Å²) in [6.07, 6.45) is 4.76. The summed E-state index contributed by atoms with van der Waals surface area (Å²) in [5.41, 5.74) is 8.87. The highest BCUT2D eigenvalue weighted by molar-refractivity contribution is 14.0. The van der Waals surface area contributed by atoms with Gasteiger partial charge in [-0.05, 0) is 37.3 Å². The van der Waals surface area contributed by atoms with Gasteiger partial charge < -0.3 is 15.5 Å². The van der Waals surface area contributed by atoms with Gasteiger partial charge in [-0.1, -0.05) is 18.2 Å². The maximum atomic E-state index is 5.99. The first-order valence-electron chi connectivity index (χ1n) is 7.61. The highest BCUT2D eigenvalue weighted by atomic mass is 127. The van der Waals surface area contributed by atoms with Gasteiger partial charge in [-0.3, -0.25) is 4.99 Å². The summed E-state index contributed by atoms with van der Waals surface area (Å²) in [5.74, 6) is 0.703. The van der Waals surface area contributed by atoms with Gasteiger partial charge in [0.25, 0.3) is 0 Å². The molecular formula is C16H25IN4. The first-order chi connectivity index (χ1) is 9.75. The van der Waals surface area contributed by atoms with Crippen LogP contribution in [0.3, 0.4) is 0 Å². The molecule has 0 amide bonds. The second kappa shape index (κ2) is 7.33. The van der Waals surface area contributed by atoms with Gasteiger partial charge in [0, 0.05) is 38.4 Å². The maximum Gasteiger partial charge on any atom is 0.191 e. The van der Waals surface area contributed by atoms with Crippen molar-refractivity contribution in [1.29, 1.82) is 0 Å². The topological polar surface area (TPSA) is 44.9 Å². The van der Waals surface area contributed by atoms with Crippen LogP contribution in [-0.2, 0) is 6.42 Å². The summed E-state index contributed by atoms with van der Waals surface area (Å²) in [6, 6.07) is 9.35. The second-order valence-corrected chi connectivity index (χ2v) is 5.80. The van der Waals surface area contributed by atoms with Gasteiger partial charge in [-0.15, -0.1) is 24.0 Å². The van der Waals surface area contributed by atoms with E-state index in [1.165, 1.54) is 30.5 Å². The molecule has 0 unspecified atom stereocenters. The zero-order chi connectivity index (χ0) is 13.9. The molecule has 1 saturated carbocycles. The van der Waals surface area contributed by atoms with Crippen LogP contribution < -0.4 is 10.6 Å². The number of para-hydroxylation sites is 1. The van der Waals surface area contributed by atoms with Crippen LogP contribution >= 0.6 is 24.0 Å². The summed E-state index contributed by atoms with van der Waals surface area (Å²) >= 11 is 0. The molecule has 0 bridgehead atoms. The minimum absolute atomic E-state index is 0. The van der Waals surface area contributed by atoms with Crippen LogP contribution in [0.5, 0.6) is 0 Å². The average molecular weight is 400 g/mol. The molecule has 1 aliphatic heterocycles. The number of halogens is 1. The molecule has 3 rings (SSSR count). The molecule has 0 aromatic heterocycles. The molecule has 2 N–H and O–H groups in total. The molecular weight excluding hydrogens is 375 g/mol. The Morgan fingerprint density at radius 2 is 2.14 bits per heavy atom. The van der Waals surface area contributed by atoms with Crippen molar-refractivity contribution in [3.8, 4) is 0 Å². The molecule has 1 heterocycles. The molecule has 0 spiro atoms. The van der Waals surface area contributed by atoms with Gasteiger partial charge in [-0.25, -0.2) is 0 Å². The molecule has 2 aliphatic rings. The number of hydrogen-bond acceptors (Lipinski definition) is 2. The third-order valence-corrected chi connectivity index (χ3v) is 4.30. The van der Waals surface area contributed by atoms with E-state index in [9.17, 15) is 0 Å². The monoisotopic (exact) mass is 400 g/mol. The van der Waals surface area contributed by atoms with Crippen molar-refractivity contribution in [2.45, 2.75) is 31.7 Å². The number of fused-ring (bicyclic) bond motifs is 1. The van der Waals surface area contributed by atoms with Gasteiger partial charge in [-0.2, -0.15) is 0 Å². The highest BCUT2D eigenvalue weighted by Gasteiger charge is 2.27. The lowest BCUT2D eigenvalue weighted by atomic mass is 10.2. The van der Waals surface area contributed by atoms with Gasteiger partial charge in [0.15, 0.2) is 5.96 Å². The number of benzene rings is 1. The summed E-state index contributed by atoms with van der Waals surface area (Å²) in [5, 5.41) is 0. The Morgan fingerprint density at radius 3 is 2.90 bits per heavy atom. The van der Waals surface area contributed by atoms with E-state index >= 15 is 0 Å². The molecule has 1 aromatic rings.